The molecular formula is C12H18N2O5. The highest BCUT2D eigenvalue weighted by Crippen LogP contribution is 2.15. The third kappa shape index (κ3) is 4.02. The molecule has 1 unspecified atom stereocenters. The van der Waals surface area contributed by atoms with Crippen LogP contribution in [0.25, 0.3) is 0 Å². The molecule has 1 saturated heterocycles. The summed E-state index contributed by atoms with van der Waals surface area (Å²) in [6.45, 7) is 2.70. The molecule has 106 valence electrons. The van der Waals surface area contributed by atoms with Crippen molar-refractivity contribution in [3.8, 4) is 0 Å². The number of carbonyl (C=O) groups is 1. The Bertz CT molecular complexity index is 420. The van der Waals surface area contributed by atoms with Crippen molar-refractivity contribution < 1.29 is 23.9 Å². The van der Waals surface area contributed by atoms with Crippen LogP contribution in [0.15, 0.2) is 10.6 Å². The first-order valence-corrected chi connectivity index (χ1v) is 6.16. The van der Waals surface area contributed by atoms with Crippen LogP contribution in [0.4, 0.5) is 0 Å². The largest absolute Gasteiger partial charge is 0.481 e. The molecule has 7 nitrogen and oxygen atoms in total. The third-order valence-corrected chi connectivity index (χ3v) is 3.02. The molecule has 2 rings (SSSR count). The van der Waals surface area contributed by atoms with Gasteiger partial charge >= 0.3 is 5.97 Å². The highest BCUT2D eigenvalue weighted by Gasteiger charge is 2.26. The Kier molecular flexibility index (Phi) is 4.89. The van der Waals surface area contributed by atoms with Gasteiger partial charge in [0, 0.05) is 32.3 Å². The molecule has 1 fully saturated rings. The third-order valence-electron chi connectivity index (χ3n) is 3.02. The molecule has 1 aromatic rings. The first-order valence-electron chi connectivity index (χ1n) is 6.16. The van der Waals surface area contributed by atoms with E-state index < -0.39 is 5.97 Å². The quantitative estimate of drug-likeness (QED) is 0.805. The Morgan fingerprint density at radius 3 is 3.26 bits per heavy atom. The summed E-state index contributed by atoms with van der Waals surface area (Å²) in [4.78, 5) is 12.9. The summed E-state index contributed by atoms with van der Waals surface area (Å²) in [5.41, 5.74) is 0.782. The predicted molar refractivity (Wildman–Crippen MR) is 64.5 cm³/mol. The first kappa shape index (κ1) is 14.0. The van der Waals surface area contributed by atoms with E-state index in [0.717, 1.165) is 5.69 Å². The summed E-state index contributed by atoms with van der Waals surface area (Å²) < 4.78 is 15.4. The normalized spacial score (nSPS) is 20.6. The topological polar surface area (TPSA) is 85.0 Å². The van der Waals surface area contributed by atoms with Gasteiger partial charge < -0.3 is 19.1 Å². The fourth-order valence-corrected chi connectivity index (χ4v) is 2.14. The summed E-state index contributed by atoms with van der Waals surface area (Å²) >= 11 is 0. The fourth-order valence-electron chi connectivity index (χ4n) is 2.14. The van der Waals surface area contributed by atoms with E-state index in [1.165, 1.54) is 0 Å². The van der Waals surface area contributed by atoms with E-state index >= 15 is 0 Å². The van der Waals surface area contributed by atoms with E-state index in [2.05, 4.69) is 10.1 Å². The molecule has 0 aromatic carbocycles. The molecule has 1 aliphatic heterocycles. The zero-order valence-corrected chi connectivity index (χ0v) is 10.9. The van der Waals surface area contributed by atoms with Crippen molar-refractivity contribution in [2.45, 2.75) is 25.6 Å². The minimum atomic E-state index is -0.819. The second kappa shape index (κ2) is 6.65. The maximum atomic E-state index is 10.8. The predicted octanol–water partition coefficient (Wildman–Crippen LogP) is 0.496. The van der Waals surface area contributed by atoms with Crippen LogP contribution in [-0.4, -0.2) is 54.0 Å². The molecule has 1 aliphatic rings. The van der Waals surface area contributed by atoms with Crippen LogP contribution in [-0.2, 0) is 27.4 Å². The van der Waals surface area contributed by atoms with Gasteiger partial charge in [0.2, 0.25) is 0 Å². The Balaban J connectivity index is 1.95. The molecule has 7 heteroatoms. The number of morpholine rings is 1. The monoisotopic (exact) mass is 270 g/mol. The second-order valence-corrected chi connectivity index (χ2v) is 4.51. The smallest absolute Gasteiger partial charge is 0.305 e. The number of hydrogen-bond acceptors (Lipinski definition) is 6. The van der Waals surface area contributed by atoms with E-state index in [4.69, 9.17) is 19.1 Å². The van der Waals surface area contributed by atoms with Gasteiger partial charge in [-0.05, 0) is 0 Å². The minimum absolute atomic E-state index is 0.0722. The Labute approximate surface area is 111 Å². The van der Waals surface area contributed by atoms with Crippen molar-refractivity contribution in [1.82, 2.24) is 10.1 Å². The summed E-state index contributed by atoms with van der Waals surface area (Å²) in [5.74, 6) is -0.152. The molecule has 0 spiro atoms. The van der Waals surface area contributed by atoms with E-state index in [1.54, 1.807) is 7.11 Å². The van der Waals surface area contributed by atoms with Gasteiger partial charge in [-0.2, -0.15) is 0 Å². The maximum Gasteiger partial charge on any atom is 0.305 e. The molecule has 0 aliphatic carbocycles. The summed E-state index contributed by atoms with van der Waals surface area (Å²) in [5, 5.41) is 12.8. The van der Waals surface area contributed by atoms with Crippen LogP contribution in [0, 0.1) is 0 Å². The van der Waals surface area contributed by atoms with Crippen molar-refractivity contribution in [2.24, 2.45) is 0 Å². The SMILES string of the molecule is COCc1cc(CN2CCOCC2CC(=O)O)no1. The number of ether oxygens (including phenoxy) is 2. The van der Waals surface area contributed by atoms with E-state index in [1.807, 2.05) is 6.07 Å². The summed E-state index contributed by atoms with van der Waals surface area (Å²) in [6, 6.07) is 1.71. The molecular weight excluding hydrogens is 252 g/mol. The molecule has 19 heavy (non-hydrogen) atoms. The number of aliphatic carboxylic acids is 1. The summed E-state index contributed by atoms with van der Waals surface area (Å²) in [7, 11) is 1.59. The van der Waals surface area contributed by atoms with Crippen molar-refractivity contribution in [1.29, 1.82) is 0 Å². The van der Waals surface area contributed by atoms with Crippen molar-refractivity contribution in [3.05, 3.63) is 17.5 Å². The number of carboxylic acid groups (broad SMARTS) is 1. The van der Waals surface area contributed by atoms with Gasteiger partial charge in [0.25, 0.3) is 0 Å². The number of methoxy groups -OCH3 is 1. The second-order valence-electron chi connectivity index (χ2n) is 4.51. The summed E-state index contributed by atoms with van der Waals surface area (Å²) in [6.07, 6.45) is 0.0722. The standard InChI is InChI=1S/C12H18N2O5/c1-17-8-11-4-9(13-19-11)6-14-2-3-18-7-10(14)5-12(15)16/h4,10H,2-3,5-8H2,1H3,(H,15,16). The van der Waals surface area contributed by atoms with Gasteiger partial charge in [-0.25, -0.2) is 0 Å². The minimum Gasteiger partial charge on any atom is -0.481 e. The van der Waals surface area contributed by atoms with Gasteiger partial charge in [-0.15, -0.1) is 0 Å². The van der Waals surface area contributed by atoms with Crippen molar-refractivity contribution >= 4 is 5.97 Å². The number of aromatic nitrogens is 1. The lowest BCUT2D eigenvalue weighted by Gasteiger charge is -2.34. The van der Waals surface area contributed by atoms with E-state index in [9.17, 15) is 4.79 Å². The average molecular weight is 270 g/mol. The average Bonchev–Trinajstić information content (AvgIpc) is 2.79. The number of rotatable bonds is 6. The molecule has 2 heterocycles. The molecule has 1 aromatic heterocycles. The number of nitrogens with zero attached hydrogens (tertiary/aromatic N) is 2. The van der Waals surface area contributed by atoms with Gasteiger partial charge in [0.15, 0.2) is 5.76 Å². The van der Waals surface area contributed by atoms with Crippen LogP contribution in [0.1, 0.15) is 17.9 Å². The number of carboxylic acids is 1. The molecule has 0 saturated carbocycles. The molecule has 1 atom stereocenters. The fraction of sp³-hybridized carbons (Fsp3) is 0.667. The van der Waals surface area contributed by atoms with E-state index in [-0.39, 0.29) is 12.5 Å². The zero-order valence-electron chi connectivity index (χ0n) is 10.9. The lowest BCUT2D eigenvalue weighted by molar-refractivity contribution is -0.140. The first-order chi connectivity index (χ1) is 9.19. The van der Waals surface area contributed by atoms with E-state index in [0.29, 0.717) is 38.7 Å². The highest BCUT2D eigenvalue weighted by molar-refractivity contribution is 5.67. The van der Waals surface area contributed by atoms with Gasteiger partial charge in [0.1, 0.15) is 6.61 Å². The molecule has 0 bridgehead atoms. The van der Waals surface area contributed by atoms with Crippen molar-refractivity contribution in [2.75, 3.05) is 26.9 Å². The van der Waals surface area contributed by atoms with Crippen LogP contribution < -0.4 is 0 Å². The Morgan fingerprint density at radius 1 is 1.68 bits per heavy atom. The molecule has 1 N–H and O–H groups in total. The maximum absolute atomic E-state index is 10.8. The van der Waals surface area contributed by atoms with Crippen molar-refractivity contribution in [3.63, 3.8) is 0 Å². The molecule has 0 amide bonds. The van der Waals surface area contributed by atoms with Crippen LogP contribution in [0.2, 0.25) is 0 Å². The van der Waals surface area contributed by atoms with Crippen LogP contribution in [0.5, 0.6) is 0 Å². The molecule has 0 radical (unpaired) electrons. The lowest BCUT2D eigenvalue weighted by atomic mass is 10.1. The van der Waals surface area contributed by atoms with Gasteiger partial charge in [-0.1, -0.05) is 5.16 Å². The van der Waals surface area contributed by atoms with Gasteiger partial charge in [0.05, 0.1) is 25.3 Å². The zero-order chi connectivity index (χ0) is 13.7. The van der Waals surface area contributed by atoms with Crippen LogP contribution >= 0.6 is 0 Å². The lowest BCUT2D eigenvalue weighted by Crippen LogP contribution is -2.45. The van der Waals surface area contributed by atoms with Crippen LogP contribution in [0.3, 0.4) is 0 Å². The number of hydrogen-bond donors (Lipinski definition) is 1. The van der Waals surface area contributed by atoms with Gasteiger partial charge in [-0.3, -0.25) is 9.69 Å². The Morgan fingerprint density at radius 2 is 2.53 bits per heavy atom. The highest BCUT2D eigenvalue weighted by atomic mass is 16.5. The Hall–Kier alpha value is -1.44.